The van der Waals surface area contributed by atoms with Crippen LogP contribution in [0.15, 0.2) is 0 Å². The molecule has 14 heavy (non-hydrogen) atoms. The Balaban J connectivity index is 2.45. The standard InChI is InChI=1S/C10H21N3O/c1-12-10(14)9-5-2-3-7-13(9)8-4-6-11/h9H,2-8,11H2,1H3,(H,12,14). The highest BCUT2D eigenvalue weighted by Crippen LogP contribution is 2.16. The third kappa shape index (κ3) is 2.96. The van der Waals surface area contributed by atoms with Crippen molar-refractivity contribution in [3.8, 4) is 0 Å². The van der Waals surface area contributed by atoms with Gasteiger partial charge in [0.25, 0.3) is 0 Å². The Morgan fingerprint density at radius 3 is 3.00 bits per heavy atom. The lowest BCUT2D eigenvalue weighted by Gasteiger charge is -2.34. The van der Waals surface area contributed by atoms with Crippen molar-refractivity contribution in [1.29, 1.82) is 0 Å². The van der Waals surface area contributed by atoms with E-state index in [1.807, 2.05) is 0 Å². The maximum Gasteiger partial charge on any atom is 0.237 e. The number of hydrogen-bond donors (Lipinski definition) is 2. The van der Waals surface area contributed by atoms with Crippen molar-refractivity contribution in [1.82, 2.24) is 10.2 Å². The minimum Gasteiger partial charge on any atom is -0.358 e. The van der Waals surface area contributed by atoms with E-state index in [1.165, 1.54) is 6.42 Å². The van der Waals surface area contributed by atoms with Crippen molar-refractivity contribution < 1.29 is 4.79 Å². The van der Waals surface area contributed by atoms with E-state index >= 15 is 0 Å². The summed E-state index contributed by atoms with van der Waals surface area (Å²) in [6.45, 7) is 2.70. The topological polar surface area (TPSA) is 58.4 Å². The molecule has 4 nitrogen and oxygen atoms in total. The molecule has 1 aliphatic heterocycles. The summed E-state index contributed by atoms with van der Waals surface area (Å²) in [5.74, 6) is 0.154. The lowest BCUT2D eigenvalue weighted by Crippen LogP contribution is -2.49. The van der Waals surface area contributed by atoms with E-state index in [4.69, 9.17) is 5.73 Å². The molecule has 1 heterocycles. The third-order valence-electron chi connectivity index (χ3n) is 2.81. The van der Waals surface area contributed by atoms with E-state index in [1.54, 1.807) is 7.05 Å². The SMILES string of the molecule is CNC(=O)C1CCCCN1CCCN. The monoisotopic (exact) mass is 199 g/mol. The zero-order valence-electron chi connectivity index (χ0n) is 8.96. The first-order chi connectivity index (χ1) is 6.79. The van der Waals surface area contributed by atoms with Gasteiger partial charge in [0.15, 0.2) is 0 Å². The van der Waals surface area contributed by atoms with Crippen LogP contribution < -0.4 is 11.1 Å². The molecular weight excluding hydrogens is 178 g/mol. The normalized spacial score (nSPS) is 23.4. The first kappa shape index (κ1) is 11.5. The summed E-state index contributed by atoms with van der Waals surface area (Å²) in [6, 6.07) is 0.0836. The van der Waals surface area contributed by atoms with E-state index < -0.39 is 0 Å². The zero-order chi connectivity index (χ0) is 10.4. The molecule has 0 aromatic rings. The van der Waals surface area contributed by atoms with Gasteiger partial charge in [-0.25, -0.2) is 0 Å². The molecule has 1 fully saturated rings. The third-order valence-corrected chi connectivity index (χ3v) is 2.81. The summed E-state index contributed by atoms with van der Waals surface area (Å²) in [7, 11) is 1.71. The fraction of sp³-hybridized carbons (Fsp3) is 0.900. The molecule has 1 saturated heterocycles. The molecule has 0 spiro atoms. The highest BCUT2D eigenvalue weighted by molar-refractivity contribution is 5.81. The summed E-state index contributed by atoms with van der Waals surface area (Å²) in [6.07, 6.45) is 4.34. The lowest BCUT2D eigenvalue weighted by atomic mass is 10.0. The maximum atomic E-state index is 11.6. The summed E-state index contributed by atoms with van der Waals surface area (Å²) in [5.41, 5.74) is 5.47. The highest BCUT2D eigenvalue weighted by atomic mass is 16.2. The van der Waals surface area contributed by atoms with E-state index in [0.29, 0.717) is 6.54 Å². The molecule has 3 N–H and O–H groups in total. The zero-order valence-corrected chi connectivity index (χ0v) is 8.96. The predicted molar refractivity (Wildman–Crippen MR) is 57.0 cm³/mol. The molecule has 0 aliphatic carbocycles. The van der Waals surface area contributed by atoms with Gasteiger partial charge < -0.3 is 11.1 Å². The second kappa shape index (κ2) is 5.98. The minimum absolute atomic E-state index is 0.0836. The van der Waals surface area contributed by atoms with Crippen molar-refractivity contribution in [2.45, 2.75) is 31.7 Å². The number of nitrogens with two attached hydrogens (primary N) is 1. The number of amides is 1. The average Bonchev–Trinajstić information content (AvgIpc) is 2.25. The number of nitrogens with zero attached hydrogens (tertiary/aromatic N) is 1. The van der Waals surface area contributed by atoms with Crippen LogP contribution in [0.5, 0.6) is 0 Å². The number of nitrogens with one attached hydrogen (secondary N) is 1. The van der Waals surface area contributed by atoms with Crippen molar-refractivity contribution in [2.75, 3.05) is 26.7 Å². The van der Waals surface area contributed by atoms with Crippen LogP contribution in [0.1, 0.15) is 25.7 Å². The van der Waals surface area contributed by atoms with Crippen LogP contribution in [0, 0.1) is 0 Å². The molecule has 0 aromatic heterocycles. The fourth-order valence-corrected chi connectivity index (χ4v) is 2.02. The Labute approximate surface area is 85.8 Å². The van der Waals surface area contributed by atoms with Crippen LogP contribution in [0.2, 0.25) is 0 Å². The van der Waals surface area contributed by atoms with Gasteiger partial charge in [0, 0.05) is 13.6 Å². The Hall–Kier alpha value is -0.610. The quantitative estimate of drug-likeness (QED) is 0.666. The number of hydrogen-bond acceptors (Lipinski definition) is 3. The van der Waals surface area contributed by atoms with Gasteiger partial charge >= 0.3 is 0 Å². The highest BCUT2D eigenvalue weighted by Gasteiger charge is 2.26. The minimum atomic E-state index is 0.0836. The maximum absolute atomic E-state index is 11.6. The number of carbonyl (C=O) groups is 1. The average molecular weight is 199 g/mol. The molecule has 1 unspecified atom stereocenters. The lowest BCUT2D eigenvalue weighted by molar-refractivity contribution is -0.127. The molecule has 1 amide bonds. The Morgan fingerprint density at radius 2 is 2.36 bits per heavy atom. The largest absolute Gasteiger partial charge is 0.358 e. The molecule has 1 rings (SSSR count). The van der Waals surface area contributed by atoms with Gasteiger partial charge in [0.1, 0.15) is 0 Å². The molecule has 0 radical (unpaired) electrons. The molecular formula is C10H21N3O. The van der Waals surface area contributed by atoms with Crippen LogP contribution in [-0.2, 0) is 4.79 Å². The van der Waals surface area contributed by atoms with Crippen LogP contribution in [-0.4, -0.2) is 43.5 Å². The molecule has 0 saturated carbocycles. The first-order valence-electron chi connectivity index (χ1n) is 5.45. The number of likely N-dealkylation sites (tertiary alicyclic amines) is 1. The van der Waals surface area contributed by atoms with Gasteiger partial charge in [-0.15, -0.1) is 0 Å². The molecule has 82 valence electrons. The molecule has 0 bridgehead atoms. The predicted octanol–water partition coefficient (Wildman–Crippen LogP) is -0.0643. The summed E-state index contributed by atoms with van der Waals surface area (Å²) in [4.78, 5) is 13.8. The number of rotatable bonds is 4. The van der Waals surface area contributed by atoms with Crippen LogP contribution in [0.4, 0.5) is 0 Å². The molecule has 1 aliphatic rings. The van der Waals surface area contributed by atoms with E-state index in [2.05, 4.69) is 10.2 Å². The van der Waals surface area contributed by atoms with E-state index in [-0.39, 0.29) is 11.9 Å². The van der Waals surface area contributed by atoms with Gasteiger partial charge in [-0.2, -0.15) is 0 Å². The second-order valence-corrected chi connectivity index (χ2v) is 3.80. The summed E-state index contributed by atoms with van der Waals surface area (Å²) in [5, 5.41) is 2.73. The van der Waals surface area contributed by atoms with Gasteiger partial charge in [-0.1, -0.05) is 6.42 Å². The summed E-state index contributed by atoms with van der Waals surface area (Å²) >= 11 is 0. The Morgan fingerprint density at radius 1 is 1.57 bits per heavy atom. The number of carbonyl (C=O) groups excluding carboxylic acids is 1. The van der Waals surface area contributed by atoms with Crippen molar-refractivity contribution in [3.05, 3.63) is 0 Å². The van der Waals surface area contributed by atoms with Gasteiger partial charge in [0.2, 0.25) is 5.91 Å². The van der Waals surface area contributed by atoms with E-state index in [9.17, 15) is 4.79 Å². The van der Waals surface area contributed by atoms with Crippen molar-refractivity contribution in [2.24, 2.45) is 5.73 Å². The number of likely N-dealkylation sites (N-methyl/N-ethyl adjacent to an activating group) is 1. The number of piperidine rings is 1. The van der Waals surface area contributed by atoms with Crippen LogP contribution >= 0.6 is 0 Å². The van der Waals surface area contributed by atoms with Crippen LogP contribution in [0.3, 0.4) is 0 Å². The van der Waals surface area contributed by atoms with Crippen LogP contribution in [0.25, 0.3) is 0 Å². The van der Waals surface area contributed by atoms with Gasteiger partial charge in [-0.3, -0.25) is 9.69 Å². The van der Waals surface area contributed by atoms with Gasteiger partial charge in [-0.05, 0) is 32.4 Å². The molecule has 4 heteroatoms. The Kier molecular flexibility index (Phi) is 4.90. The summed E-state index contributed by atoms with van der Waals surface area (Å²) < 4.78 is 0. The Bertz CT molecular complexity index is 184. The van der Waals surface area contributed by atoms with Crippen molar-refractivity contribution >= 4 is 5.91 Å². The second-order valence-electron chi connectivity index (χ2n) is 3.80. The molecule has 1 atom stereocenters. The van der Waals surface area contributed by atoms with E-state index in [0.717, 1.165) is 32.4 Å². The smallest absolute Gasteiger partial charge is 0.237 e. The first-order valence-corrected chi connectivity index (χ1v) is 5.45. The van der Waals surface area contributed by atoms with Crippen molar-refractivity contribution in [3.63, 3.8) is 0 Å². The van der Waals surface area contributed by atoms with Gasteiger partial charge in [0.05, 0.1) is 6.04 Å². The fourth-order valence-electron chi connectivity index (χ4n) is 2.02. The molecule has 0 aromatic carbocycles.